The van der Waals surface area contributed by atoms with E-state index in [1.807, 2.05) is 0 Å². The molecule has 32 heavy (non-hydrogen) atoms. The van der Waals surface area contributed by atoms with Crippen molar-refractivity contribution in [3.05, 3.63) is 64.7 Å². The summed E-state index contributed by atoms with van der Waals surface area (Å²) in [6.07, 6.45) is 1.08. The molecule has 7 heteroatoms. The molecule has 0 amide bonds. The zero-order valence-electron chi connectivity index (χ0n) is 19.7. The first kappa shape index (κ1) is 26.4. The highest BCUT2D eigenvalue weighted by molar-refractivity contribution is 14.0. The maximum Gasteiger partial charge on any atom is 0.191 e. The maximum atomic E-state index is 6.15. The SMILES string of the molecule is CN=C(NCc1ccc(CN(C)C)cc1)NCc1ccc(C)cc1OCC1CCOC1.I. The Labute approximate surface area is 209 Å². The third-order valence-electron chi connectivity index (χ3n) is 5.37. The molecule has 0 aliphatic carbocycles. The van der Waals surface area contributed by atoms with Crippen LogP contribution in [0.1, 0.15) is 28.7 Å². The molecule has 0 saturated carbocycles. The second kappa shape index (κ2) is 13.6. The number of nitrogens with zero attached hydrogens (tertiary/aromatic N) is 2. The van der Waals surface area contributed by atoms with E-state index in [9.17, 15) is 0 Å². The molecule has 0 radical (unpaired) electrons. The summed E-state index contributed by atoms with van der Waals surface area (Å²) in [6, 6.07) is 15.0. The normalized spacial score (nSPS) is 16.0. The Kier molecular flexibility index (Phi) is 11.3. The van der Waals surface area contributed by atoms with Gasteiger partial charge in [0.2, 0.25) is 0 Å². The molecule has 1 unspecified atom stereocenters. The Morgan fingerprint density at radius 1 is 1.09 bits per heavy atom. The highest BCUT2D eigenvalue weighted by atomic mass is 127. The summed E-state index contributed by atoms with van der Waals surface area (Å²) in [6.45, 7) is 6.76. The number of hydrogen-bond donors (Lipinski definition) is 2. The summed E-state index contributed by atoms with van der Waals surface area (Å²) in [5, 5.41) is 6.80. The molecule has 0 bridgehead atoms. The molecule has 1 fully saturated rings. The van der Waals surface area contributed by atoms with Crippen LogP contribution in [0.15, 0.2) is 47.5 Å². The fourth-order valence-electron chi connectivity index (χ4n) is 3.58. The Morgan fingerprint density at radius 2 is 1.81 bits per heavy atom. The lowest BCUT2D eigenvalue weighted by Gasteiger charge is -2.17. The van der Waals surface area contributed by atoms with E-state index >= 15 is 0 Å². The van der Waals surface area contributed by atoms with E-state index in [0.29, 0.717) is 19.1 Å². The molecule has 1 heterocycles. The molecule has 1 saturated heterocycles. The number of aliphatic imine (C=N–C) groups is 1. The van der Waals surface area contributed by atoms with Gasteiger partial charge in [-0.2, -0.15) is 0 Å². The van der Waals surface area contributed by atoms with Crippen LogP contribution in [-0.2, 0) is 24.4 Å². The largest absolute Gasteiger partial charge is 0.493 e. The van der Waals surface area contributed by atoms with E-state index in [-0.39, 0.29) is 24.0 Å². The first-order chi connectivity index (χ1) is 15.0. The summed E-state index contributed by atoms with van der Waals surface area (Å²) < 4.78 is 11.6. The van der Waals surface area contributed by atoms with Gasteiger partial charge < -0.3 is 25.0 Å². The smallest absolute Gasteiger partial charge is 0.191 e. The van der Waals surface area contributed by atoms with Crippen LogP contribution in [0.2, 0.25) is 0 Å². The molecule has 0 spiro atoms. The van der Waals surface area contributed by atoms with Gasteiger partial charge >= 0.3 is 0 Å². The monoisotopic (exact) mass is 552 g/mol. The molecule has 1 aliphatic rings. The van der Waals surface area contributed by atoms with Crippen LogP contribution in [0.3, 0.4) is 0 Å². The van der Waals surface area contributed by atoms with Crippen molar-refractivity contribution in [2.24, 2.45) is 10.9 Å². The van der Waals surface area contributed by atoms with Gasteiger partial charge in [-0.25, -0.2) is 0 Å². The van der Waals surface area contributed by atoms with E-state index in [0.717, 1.165) is 50.0 Å². The van der Waals surface area contributed by atoms with Gasteiger partial charge in [-0.1, -0.05) is 36.4 Å². The van der Waals surface area contributed by atoms with Gasteiger partial charge in [0, 0.05) is 44.8 Å². The van der Waals surface area contributed by atoms with Gasteiger partial charge in [-0.15, -0.1) is 24.0 Å². The van der Waals surface area contributed by atoms with Gasteiger partial charge in [0.15, 0.2) is 5.96 Å². The molecule has 3 rings (SSSR count). The van der Waals surface area contributed by atoms with Crippen molar-refractivity contribution in [2.45, 2.75) is 33.0 Å². The fourth-order valence-corrected chi connectivity index (χ4v) is 3.58. The van der Waals surface area contributed by atoms with Crippen LogP contribution < -0.4 is 15.4 Å². The van der Waals surface area contributed by atoms with E-state index < -0.39 is 0 Å². The first-order valence-electron chi connectivity index (χ1n) is 11.0. The Hall–Kier alpha value is -1.84. The molecule has 2 aromatic rings. The number of rotatable bonds is 9. The topological polar surface area (TPSA) is 58.1 Å². The predicted octanol–water partition coefficient (Wildman–Crippen LogP) is 3.96. The number of halogens is 1. The molecule has 2 N–H and O–H groups in total. The Balaban J connectivity index is 0.00000363. The number of hydrogen-bond acceptors (Lipinski definition) is 4. The Bertz CT molecular complexity index is 850. The van der Waals surface area contributed by atoms with E-state index in [1.165, 1.54) is 16.7 Å². The van der Waals surface area contributed by atoms with Crippen LogP contribution in [0, 0.1) is 12.8 Å². The van der Waals surface area contributed by atoms with Crippen molar-refractivity contribution in [3.63, 3.8) is 0 Å². The average Bonchev–Trinajstić information content (AvgIpc) is 3.28. The summed E-state index contributed by atoms with van der Waals surface area (Å²) in [4.78, 5) is 6.53. The van der Waals surface area contributed by atoms with Gasteiger partial charge in [0.25, 0.3) is 0 Å². The number of benzene rings is 2. The predicted molar refractivity (Wildman–Crippen MR) is 142 cm³/mol. The van der Waals surface area contributed by atoms with E-state index in [2.05, 4.69) is 84.0 Å². The minimum atomic E-state index is 0. The first-order valence-corrected chi connectivity index (χ1v) is 11.0. The van der Waals surface area contributed by atoms with Crippen molar-refractivity contribution in [3.8, 4) is 5.75 Å². The molecule has 1 atom stereocenters. The van der Waals surface area contributed by atoms with Gasteiger partial charge in [0.05, 0.1) is 13.2 Å². The summed E-state index contributed by atoms with van der Waals surface area (Å²) in [7, 11) is 5.96. The number of ether oxygens (including phenoxy) is 2. The van der Waals surface area contributed by atoms with Crippen LogP contribution in [0.25, 0.3) is 0 Å². The highest BCUT2D eigenvalue weighted by Gasteiger charge is 2.17. The lowest BCUT2D eigenvalue weighted by atomic mass is 10.1. The van der Waals surface area contributed by atoms with Gasteiger partial charge in [-0.05, 0) is 50.2 Å². The van der Waals surface area contributed by atoms with Crippen molar-refractivity contribution < 1.29 is 9.47 Å². The van der Waals surface area contributed by atoms with E-state index in [4.69, 9.17) is 9.47 Å². The molecule has 176 valence electrons. The van der Waals surface area contributed by atoms with Gasteiger partial charge in [-0.3, -0.25) is 4.99 Å². The third-order valence-corrected chi connectivity index (χ3v) is 5.37. The van der Waals surface area contributed by atoms with Crippen molar-refractivity contribution >= 4 is 29.9 Å². The number of nitrogens with one attached hydrogen (secondary N) is 2. The second-order valence-electron chi connectivity index (χ2n) is 8.49. The summed E-state index contributed by atoms with van der Waals surface area (Å²) in [5.74, 6) is 2.19. The zero-order chi connectivity index (χ0) is 22.1. The number of aryl methyl sites for hydroxylation is 1. The minimum absolute atomic E-state index is 0. The summed E-state index contributed by atoms with van der Waals surface area (Å²) >= 11 is 0. The van der Waals surface area contributed by atoms with Crippen molar-refractivity contribution in [1.29, 1.82) is 0 Å². The molecule has 6 nitrogen and oxygen atoms in total. The average molecular weight is 553 g/mol. The maximum absolute atomic E-state index is 6.15. The van der Waals surface area contributed by atoms with Crippen molar-refractivity contribution in [1.82, 2.24) is 15.5 Å². The lowest BCUT2D eigenvalue weighted by molar-refractivity contribution is 0.166. The van der Waals surface area contributed by atoms with E-state index in [1.54, 1.807) is 7.05 Å². The summed E-state index contributed by atoms with van der Waals surface area (Å²) in [5.41, 5.74) is 4.86. The highest BCUT2D eigenvalue weighted by Crippen LogP contribution is 2.22. The quantitative estimate of drug-likeness (QED) is 0.280. The van der Waals surface area contributed by atoms with Crippen LogP contribution in [-0.4, -0.2) is 51.8 Å². The third kappa shape index (κ3) is 8.60. The molecule has 1 aliphatic heterocycles. The molecular weight excluding hydrogens is 515 g/mol. The minimum Gasteiger partial charge on any atom is -0.493 e. The molecule has 2 aromatic carbocycles. The lowest BCUT2D eigenvalue weighted by Crippen LogP contribution is -2.36. The Morgan fingerprint density at radius 3 is 2.47 bits per heavy atom. The van der Waals surface area contributed by atoms with Crippen LogP contribution >= 0.6 is 24.0 Å². The molecular formula is C25H37IN4O2. The standard InChI is InChI=1S/C25H36N4O2.HI/c1-19-5-10-23(24(13-19)31-18-22-11-12-30-17-22)15-28-25(26-2)27-14-20-6-8-21(9-7-20)16-29(3)4;/h5-10,13,22H,11-12,14-18H2,1-4H3,(H2,26,27,28);1H. The van der Waals surface area contributed by atoms with Crippen LogP contribution in [0.5, 0.6) is 5.75 Å². The fraction of sp³-hybridized carbons (Fsp3) is 0.480. The van der Waals surface area contributed by atoms with Gasteiger partial charge in [0.1, 0.15) is 5.75 Å². The zero-order valence-corrected chi connectivity index (χ0v) is 22.0. The van der Waals surface area contributed by atoms with Crippen LogP contribution in [0.4, 0.5) is 0 Å². The number of guanidine groups is 1. The second-order valence-corrected chi connectivity index (χ2v) is 8.49. The van der Waals surface area contributed by atoms with Crippen molar-refractivity contribution in [2.75, 3.05) is 41.0 Å². The molecule has 0 aromatic heterocycles.